The van der Waals surface area contributed by atoms with Gasteiger partial charge in [0.05, 0.1) is 11.0 Å². The van der Waals surface area contributed by atoms with Crippen molar-refractivity contribution in [3.8, 4) is 0 Å². The molecule has 1 aromatic carbocycles. The van der Waals surface area contributed by atoms with Crippen LogP contribution in [0, 0.1) is 0 Å². The molecule has 0 radical (unpaired) electrons. The van der Waals surface area contributed by atoms with Gasteiger partial charge in [0.25, 0.3) is 0 Å². The highest BCUT2D eigenvalue weighted by molar-refractivity contribution is 8.00. The Morgan fingerprint density at radius 1 is 1.13 bits per heavy atom. The fraction of sp³-hybridized carbons (Fsp3) is 0.524. The van der Waals surface area contributed by atoms with Crippen LogP contribution in [0.5, 0.6) is 0 Å². The van der Waals surface area contributed by atoms with Gasteiger partial charge in [-0.1, -0.05) is 56.4 Å². The maximum Gasteiger partial charge on any atom is 0.237 e. The molecule has 2 rings (SSSR count). The number of nitrogens with zero attached hydrogens (tertiary/aromatic N) is 4. The molecule has 3 N–H and O–H groups in total. The first-order chi connectivity index (χ1) is 14.6. The largest absolute Gasteiger partial charge is 0.343 e. The van der Waals surface area contributed by atoms with Crippen molar-refractivity contribution in [3.63, 3.8) is 0 Å². The van der Waals surface area contributed by atoms with Gasteiger partial charge in [0.2, 0.25) is 22.1 Å². The molecule has 2 amide bonds. The third-order valence-corrected chi connectivity index (χ3v) is 6.73. The van der Waals surface area contributed by atoms with Gasteiger partial charge in [-0.15, -0.1) is 10.2 Å². The topological polar surface area (TPSA) is 106 Å². The summed E-state index contributed by atoms with van der Waals surface area (Å²) in [5.74, 6) is 6.20. The zero-order valence-electron chi connectivity index (χ0n) is 19.0. The van der Waals surface area contributed by atoms with Crippen LogP contribution >= 0.6 is 23.5 Å². The molecule has 0 saturated carbocycles. The molecule has 0 bridgehead atoms. The summed E-state index contributed by atoms with van der Waals surface area (Å²) in [6, 6.07) is 7.85. The number of carbonyl (C=O) groups excluding carboxylic acids is 2. The van der Waals surface area contributed by atoms with Crippen molar-refractivity contribution in [3.05, 3.63) is 29.8 Å². The Hall–Kier alpha value is -2.20. The van der Waals surface area contributed by atoms with Gasteiger partial charge in [-0.2, -0.15) is 0 Å². The summed E-state index contributed by atoms with van der Waals surface area (Å²) in [5.41, 5.74) is 2.00. The summed E-state index contributed by atoms with van der Waals surface area (Å²) in [7, 11) is 0. The number of anilines is 1. The predicted molar refractivity (Wildman–Crippen MR) is 128 cm³/mol. The van der Waals surface area contributed by atoms with Crippen molar-refractivity contribution >= 4 is 41.0 Å². The molecule has 1 atom stereocenters. The Balaban J connectivity index is 1.94. The fourth-order valence-electron chi connectivity index (χ4n) is 2.75. The average molecular weight is 465 g/mol. The molecule has 8 nitrogen and oxygen atoms in total. The Labute approximate surface area is 192 Å². The van der Waals surface area contributed by atoms with Crippen molar-refractivity contribution in [1.82, 2.24) is 19.8 Å². The van der Waals surface area contributed by atoms with E-state index in [2.05, 4.69) is 36.3 Å². The second kappa shape index (κ2) is 10.9. The number of benzene rings is 1. The number of hydrogen-bond acceptors (Lipinski definition) is 7. The lowest BCUT2D eigenvalue weighted by atomic mass is 9.87. The molecule has 31 heavy (non-hydrogen) atoms. The SMILES string of the molecule is CCN(CC)C(=O)CSc1nnc(SC(C)C(=O)Nc2ccc(C(C)(C)C)cc2)n1N. The number of carbonyl (C=O) groups is 2. The van der Waals surface area contributed by atoms with E-state index in [0.717, 1.165) is 5.69 Å². The standard InChI is InChI=1S/C21H32N6O2S2/c1-7-26(8-2)17(28)13-30-19-24-25-20(27(19)22)31-14(3)18(29)23-16-11-9-15(10-12-16)21(4,5)6/h9-12,14H,7-8,13,22H2,1-6H3,(H,23,29). The van der Waals surface area contributed by atoms with Crippen LogP contribution in [0.2, 0.25) is 0 Å². The number of hydrogen-bond donors (Lipinski definition) is 2. The molecule has 1 unspecified atom stereocenters. The zero-order valence-corrected chi connectivity index (χ0v) is 20.6. The van der Waals surface area contributed by atoms with E-state index in [0.29, 0.717) is 23.4 Å². The Kier molecular flexibility index (Phi) is 8.81. The van der Waals surface area contributed by atoms with Crippen LogP contribution in [-0.4, -0.2) is 55.7 Å². The number of rotatable bonds is 9. The monoisotopic (exact) mass is 464 g/mol. The number of aromatic nitrogens is 3. The molecule has 0 fully saturated rings. The fourth-order valence-corrected chi connectivity index (χ4v) is 4.33. The van der Waals surface area contributed by atoms with Gasteiger partial charge in [-0.25, -0.2) is 4.68 Å². The lowest BCUT2D eigenvalue weighted by Gasteiger charge is -2.19. The summed E-state index contributed by atoms with van der Waals surface area (Å²) in [4.78, 5) is 26.5. The number of nitrogens with one attached hydrogen (secondary N) is 1. The van der Waals surface area contributed by atoms with Gasteiger partial charge in [0, 0.05) is 18.8 Å². The molecule has 2 aromatic rings. The number of nitrogen functional groups attached to an aromatic ring is 1. The summed E-state index contributed by atoms with van der Waals surface area (Å²) >= 11 is 2.45. The normalized spacial score (nSPS) is 12.5. The van der Waals surface area contributed by atoms with Gasteiger partial charge < -0.3 is 16.1 Å². The lowest BCUT2D eigenvalue weighted by molar-refractivity contribution is -0.128. The van der Waals surface area contributed by atoms with Crippen LogP contribution in [0.4, 0.5) is 5.69 Å². The molecule has 0 aliphatic heterocycles. The first kappa shape index (κ1) is 25.1. The second-order valence-corrected chi connectivity index (χ2v) is 10.3. The minimum absolute atomic E-state index is 0.0254. The van der Waals surface area contributed by atoms with E-state index >= 15 is 0 Å². The van der Waals surface area contributed by atoms with Crippen molar-refractivity contribution in [2.45, 2.75) is 62.5 Å². The molecule has 0 spiro atoms. The maximum atomic E-state index is 12.6. The van der Waals surface area contributed by atoms with Gasteiger partial charge >= 0.3 is 0 Å². The minimum Gasteiger partial charge on any atom is -0.343 e. The van der Waals surface area contributed by atoms with Gasteiger partial charge in [-0.3, -0.25) is 9.59 Å². The second-order valence-electron chi connectivity index (χ2n) is 8.07. The van der Waals surface area contributed by atoms with Gasteiger partial charge in [-0.05, 0) is 43.9 Å². The van der Waals surface area contributed by atoms with Crippen molar-refractivity contribution in [2.24, 2.45) is 0 Å². The maximum absolute atomic E-state index is 12.6. The van der Waals surface area contributed by atoms with E-state index in [9.17, 15) is 9.59 Å². The predicted octanol–water partition coefficient (Wildman–Crippen LogP) is 3.37. The van der Waals surface area contributed by atoms with Crippen molar-refractivity contribution < 1.29 is 9.59 Å². The van der Waals surface area contributed by atoms with Crippen LogP contribution in [0.1, 0.15) is 47.1 Å². The van der Waals surface area contributed by atoms with Crippen molar-refractivity contribution in [1.29, 1.82) is 0 Å². The Bertz CT molecular complexity index is 888. The zero-order chi connectivity index (χ0) is 23.2. The highest BCUT2D eigenvalue weighted by Crippen LogP contribution is 2.26. The highest BCUT2D eigenvalue weighted by atomic mass is 32.2. The smallest absolute Gasteiger partial charge is 0.237 e. The Morgan fingerprint density at radius 2 is 1.71 bits per heavy atom. The molecular weight excluding hydrogens is 432 g/mol. The molecule has 0 aliphatic carbocycles. The van der Waals surface area contributed by atoms with E-state index in [1.54, 1.807) is 11.8 Å². The van der Waals surface area contributed by atoms with Gasteiger partial charge in [0.1, 0.15) is 0 Å². The lowest BCUT2D eigenvalue weighted by Crippen LogP contribution is -2.32. The summed E-state index contributed by atoms with van der Waals surface area (Å²) < 4.78 is 1.33. The summed E-state index contributed by atoms with van der Waals surface area (Å²) in [6.45, 7) is 13.4. The quantitative estimate of drug-likeness (QED) is 0.433. The van der Waals surface area contributed by atoms with Gasteiger partial charge in [0.15, 0.2) is 0 Å². The van der Waals surface area contributed by atoms with E-state index in [4.69, 9.17) is 5.84 Å². The third-order valence-electron chi connectivity index (χ3n) is 4.74. The first-order valence-corrected chi connectivity index (χ1v) is 12.1. The molecule has 1 aromatic heterocycles. The number of amides is 2. The van der Waals surface area contributed by atoms with Crippen LogP contribution in [-0.2, 0) is 15.0 Å². The van der Waals surface area contributed by atoms with Crippen LogP contribution in [0.15, 0.2) is 34.6 Å². The Morgan fingerprint density at radius 3 is 2.26 bits per heavy atom. The van der Waals surface area contributed by atoms with E-state index in [1.807, 2.05) is 38.1 Å². The van der Waals surface area contributed by atoms with Crippen LogP contribution in [0.3, 0.4) is 0 Å². The number of thioether (sulfide) groups is 2. The summed E-state index contributed by atoms with van der Waals surface area (Å²) in [6.07, 6.45) is 0. The van der Waals surface area contributed by atoms with E-state index in [-0.39, 0.29) is 23.0 Å². The van der Waals surface area contributed by atoms with Crippen molar-refractivity contribution in [2.75, 3.05) is 30.0 Å². The third kappa shape index (κ3) is 6.90. The minimum atomic E-state index is -0.427. The molecule has 1 heterocycles. The highest BCUT2D eigenvalue weighted by Gasteiger charge is 2.21. The van der Waals surface area contributed by atoms with E-state index < -0.39 is 5.25 Å². The first-order valence-electron chi connectivity index (χ1n) is 10.3. The molecule has 10 heteroatoms. The molecule has 170 valence electrons. The van der Waals surface area contributed by atoms with Crippen LogP contribution < -0.4 is 11.2 Å². The molecule has 0 saturated heterocycles. The molecular formula is C21H32N6O2S2. The van der Waals surface area contributed by atoms with Crippen LogP contribution in [0.25, 0.3) is 0 Å². The summed E-state index contributed by atoms with van der Waals surface area (Å²) in [5, 5.41) is 11.5. The average Bonchev–Trinajstić information content (AvgIpc) is 3.06. The molecule has 0 aliphatic rings. The van der Waals surface area contributed by atoms with E-state index in [1.165, 1.54) is 33.8 Å². The number of nitrogens with two attached hydrogens (primary N) is 1.